The molecule has 5 aliphatic rings. The molecule has 1 saturated carbocycles. The Balaban J connectivity index is 0.846. The number of nitrogens with zero attached hydrogens (tertiary/aromatic N) is 6. The van der Waals surface area contributed by atoms with Gasteiger partial charge < -0.3 is 15.0 Å². The molecule has 14 nitrogen and oxygen atoms in total. The Morgan fingerprint density at radius 2 is 1.56 bits per heavy atom. The Kier molecular flexibility index (Phi) is 8.93. The number of nitrogens with one attached hydrogen (secondary N) is 2. The highest BCUT2D eigenvalue weighted by atomic mass is 35.5. The maximum atomic E-state index is 13.4. The summed E-state index contributed by atoms with van der Waals surface area (Å²) in [4.78, 5) is 78.8. The first-order chi connectivity index (χ1) is 26.2. The van der Waals surface area contributed by atoms with Gasteiger partial charge >= 0.3 is 0 Å². The molecule has 8 rings (SSSR count). The topological polar surface area (TPSA) is 178 Å². The molecule has 2 saturated heterocycles. The molecule has 3 fully saturated rings. The van der Waals surface area contributed by atoms with Gasteiger partial charge in [-0.05, 0) is 54.7 Å². The van der Waals surface area contributed by atoms with Crippen LogP contribution in [0.1, 0.15) is 101 Å². The van der Waals surface area contributed by atoms with Gasteiger partial charge in [-0.15, -0.1) is 0 Å². The van der Waals surface area contributed by atoms with Gasteiger partial charge in [0.25, 0.3) is 17.7 Å². The van der Waals surface area contributed by atoms with Gasteiger partial charge in [0.1, 0.15) is 24.0 Å². The van der Waals surface area contributed by atoms with E-state index in [2.05, 4.69) is 64.2 Å². The number of benzene rings is 2. The fourth-order valence-electron chi connectivity index (χ4n) is 9.50. The number of piperidine rings is 2. The summed E-state index contributed by atoms with van der Waals surface area (Å²) in [5.74, 6) is -1.13. The molecular formula is C40H41ClN8O6. The van der Waals surface area contributed by atoms with Crippen LogP contribution in [0.4, 0.5) is 5.95 Å². The van der Waals surface area contributed by atoms with Crippen molar-refractivity contribution in [2.45, 2.75) is 90.7 Å². The van der Waals surface area contributed by atoms with Crippen molar-refractivity contribution in [3.05, 3.63) is 81.1 Å². The maximum Gasteiger partial charge on any atom is 0.262 e. The molecule has 1 aromatic heterocycles. The first kappa shape index (κ1) is 36.6. The summed E-state index contributed by atoms with van der Waals surface area (Å²) < 4.78 is 6.35. The molecule has 0 radical (unpaired) electrons. The van der Waals surface area contributed by atoms with Crippen LogP contribution >= 0.6 is 11.6 Å². The van der Waals surface area contributed by atoms with E-state index in [0.29, 0.717) is 52.1 Å². The Bertz CT molecular complexity index is 2130. The van der Waals surface area contributed by atoms with Crippen molar-refractivity contribution in [1.82, 2.24) is 30.4 Å². The van der Waals surface area contributed by atoms with Crippen LogP contribution in [-0.4, -0.2) is 86.6 Å². The van der Waals surface area contributed by atoms with Crippen molar-refractivity contribution in [2.24, 2.45) is 10.8 Å². The third-order valence-electron chi connectivity index (χ3n) is 12.1. The van der Waals surface area contributed by atoms with E-state index in [0.717, 1.165) is 42.0 Å². The van der Waals surface area contributed by atoms with Crippen molar-refractivity contribution in [3.8, 4) is 11.8 Å². The number of carbonyl (C=O) groups excluding carboxylic acids is 5. The van der Waals surface area contributed by atoms with Crippen LogP contribution in [0.15, 0.2) is 42.7 Å². The molecule has 55 heavy (non-hydrogen) atoms. The maximum absolute atomic E-state index is 13.4. The van der Waals surface area contributed by atoms with E-state index < -0.39 is 40.5 Å². The second kappa shape index (κ2) is 13.4. The predicted molar refractivity (Wildman–Crippen MR) is 199 cm³/mol. The number of amides is 5. The van der Waals surface area contributed by atoms with E-state index >= 15 is 0 Å². The molecule has 5 heterocycles. The van der Waals surface area contributed by atoms with Crippen LogP contribution in [0, 0.1) is 22.2 Å². The second-order valence-electron chi connectivity index (χ2n) is 16.3. The molecule has 2 N–H and O–H groups in total. The van der Waals surface area contributed by atoms with E-state index in [1.54, 1.807) is 42.7 Å². The van der Waals surface area contributed by atoms with E-state index in [9.17, 15) is 29.2 Å². The van der Waals surface area contributed by atoms with Crippen molar-refractivity contribution in [1.29, 1.82) is 5.26 Å². The number of aromatic nitrogens is 2. The molecule has 2 aromatic carbocycles. The van der Waals surface area contributed by atoms with Crippen LogP contribution in [0.5, 0.6) is 5.75 Å². The Labute approximate surface area is 323 Å². The van der Waals surface area contributed by atoms with Gasteiger partial charge in [-0.3, -0.25) is 39.1 Å². The number of imide groups is 2. The van der Waals surface area contributed by atoms with Crippen LogP contribution in [-0.2, 0) is 22.7 Å². The molecule has 1 aliphatic carbocycles. The highest BCUT2D eigenvalue weighted by Gasteiger charge is 2.64. The molecular weight excluding hydrogens is 724 g/mol. The van der Waals surface area contributed by atoms with Gasteiger partial charge in [-0.25, -0.2) is 9.97 Å². The zero-order valence-corrected chi connectivity index (χ0v) is 31.8. The average Bonchev–Trinajstić information content (AvgIpc) is 3.69. The number of halogens is 1. The summed E-state index contributed by atoms with van der Waals surface area (Å²) in [5, 5.41) is 15.0. The van der Waals surface area contributed by atoms with E-state index in [1.807, 2.05) is 0 Å². The lowest BCUT2D eigenvalue weighted by Crippen LogP contribution is -2.74. The monoisotopic (exact) mass is 764 g/mol. The number of carbonyl (C=O) groups is 5. The number of nitriles is 1. The standard InChI is InChI=1S/C40H41ClN8O6/c1-39(2)36(40(3,4)37(39)55-26-6-5-21(16-42)29(41)15-26)46-32(51)24-17-43-38(44-18-24)47-11-9-25(10-12-47)48-19-22-13-27-28(14-23(22)20-48)35(54)49(34(27)53)30-7-8-31(50)45-33(30)52/h5-6,13-15,17-18,25,30,36-37H,7-12,19-20H2,1-4H3,(H,46,51)(H,45,50,52)/t30?,36-,37-. The lowest BCUT2D eigenvalue weighted by molar-refractivity contribution is -0.164. The Morgan fingerprint density at radius 3 is 2.13 bits per heavy atom. The van der Waals surface area contributed by atoms with Gasteiger partial charge in [-0.1, -0.05) is 39.3 Å². The minimum absolute atomic E-state index is 0.0820. The average molecular weight is 765 g/mol. The molecule has 4 aliphatic heterocycles. The summed E-state index contributed by atoms with van der Waals surface area (Å²) in [5.41, 5.74) is 2.55. The fraction of sp³-hybridized carbons (Fsp3) is 0.450. The molecule has 284 valence electrons. The van der Waals surface area contributed by atoms with Crippen LogP contribution in [0.3, 0.4) is 0 Å². The number of hydrogen-bond donors (Lipinski definition) is 2. The molecule has 0 spiro atoms. The molecule has 1 atom stereocenters. The third-order valence-corrected chi connectivity index (χ3v) is 12.4. The number of hydrogen-bond acceptors (Lipinski definition) is 11. The van der Waals surface area contributed by atoms with E-state index in [-0.39, 0.29) is 36.9 Å². The number of rotatable bonds is 7. The zero-order chi connectivity index (χ0) is 39.0. The first-order valence-electron chi connectivity index (χ1n) is 18.5. The second-order valence-corrected chi connectivity index (χ2v) is 16.7. The van der Waals surface area contributed by atoms with Crippen molar-refractivity contribution in [2.75, 3.05) is 18.0 Å². The van der Waals surface area contributed by atoms with Crippen LogP contribution in [0.2, 0.25) is 5.02 Å². The number of ether oxygens (including phenoxy) is 1. The molecule has 0 bridgehead atoms. The summed E-state index contributed by atoms with van der Waals surface area (Å²) >= 11 is 6.23. The minimum atomic E-state index is -0.983. The van der Waals surface area contributed by atoms with Gasteiger partial charge in [-0.2, -0.15) is 5.26 Å². The lowest BCUT2D eigenvalue weighted by Gasteiger charge is -2.63. The Morgan fingerprint density at radius 1 is 0.945 bits per heavy atom. The fourth-order valence-corrected chi connectivity index (χ4v) is 9.71. The van der Waals surface area contributed by atoms with Gasteiger partial charge in [0.15, 0.2) is 0 Å². The molecule has 1 unspecified atom stereocenters. The van der Waals surface area contributed by atoms with Gasteiger partial charge in [0.2, 0.25) is 17.8 Å². The summed E-state index contributed by atoms with van der Waals surface area (Å²) in [6, 6.07) is 9.76. The normalized spacial score (nSPS) is 24.5. The lowest BCUT2D eigenvalue weighted by atomic mass is 9.49. The third kappa shape index (κ3) is 6.19. The summed E-state index contributed by atoms with van der Waals surface area (Å²) in [6.45, 7) is 11.0. The highest BCUT2D eigenvalue weighted by molar-refractivity contribution is 6.31. The molecule has 5 amide bonds. The van der Waals surface area contributed by atoms with Crippen molar-refractivity contribution < 1.29 is 28.7 Å². The van der Waals surface area contributed by atoms with Crippen LogP contribution < -0.4 is 20.3 Å². The Hall–Kier alpha value is -5.39. The van der Waals surface area contributed by atoms with Crippen molar-refractivity contribution in [3.63, 3.8) is 0 Å². The van der Waals surface area contributed by atoms with E-state index in [1.165, 1.54) is 0 Å². The zero-order valence-electron chi connectivity index (χ0n) is 31.0. The highest BCUT2D eigenvalue weighted by Crippen LogP contribution is 2.55. The minimum Gasteiger partial charge on any atom is -0.489 e. The summed E-state index contributed by atoms with van der Waals surface area (Å²) in [7, 11) is 0. The molecule has 15 heteroatoms. The largest absolute Gasteiger partial charge is 0.489 e. The SMILES string of the molecule is CC1(C)[C@H](NC(=O)c2cnc(N3CCC(N4Cc5cc6c(cc5C4)C(=O)N(C4CCC(=O)NC4=O)C6=O)CC3)nc2)C(C)(C)[C@H]1Oc1ccc(C#N)c(Cl)c1. The van der Waals surface area contributed by atoms with Crippen molar-refractivity contribution >= 4 is 47.1 Å². The van der Waals surface area contributed by atoms with Crippen LogP contribution in [0.25, 0.3) is 0 Å². The van der Waals surface area contributed by atoms with Gasteiger partial charge in [0.05, 0.1) is 27.3 Å². The molecule has 3 aromatic rings. The summed E-state index contributed by atoms with van der Waals surface area (Å²) in [6.07, 6.45) is 4.84. The number of fused-ring (bicyclic) bond motifs is 2. The smallest absolute Gasteiger partial charge is 0.262 e. The first-order valence-corrected chi connectivity index (χ1v) is 18.9. The quantitative estimate of drug-likeness (QED) is 0.333. The number of anilines is 1. The predicted octanol–water partition coefficient (Wildman–Crippen LogP) is 4.00. The van der Waals surface area contributed by atoms with E-state index in [4.69, 9.17) is 16.3 Å². The van der Waals surface area contributed by atoms with Gasteiger partial charge in [0, 0.05) is 74.0 Å².